The predicted molar refractivity (Wildman–Crippen MR) is 91.3 cm³/mol. The summed E-state index contributed by atoms with van der Waals surface area (Å²) >= 11 is 1.41. The van der Waals surface area contributed by atoms with Crippen molar-refractivity contribution in [2.45, 2.75) is 74.8 Å². The summed E-state index contributed by atoms with van der Waals surface area (Å²) in [6.07, 6.45) is 14.7. The minimum absolute atomic E-state index is 0.778. The van der Waals surface area contributed by atoms with Crippen LogP contribution in [0.3, 0.4) is 0 Å². The molecule has 0 aromatic heterocycles. The molecule has 0 unspecified atom stereocenters. The minimum atomic E-state index is -4.67. The second-order valence-electron chi connectivity index (χ2n) is 5.18. The predicted octanol–water partition coefficient (Wildman–Crippen LogP) is 2.90. The molecular weight excluding hydrogens is 335 g/mol. The second kappa shape index (κ2) is 22.3. The van der Waals surface area contributed by atoms with Crippen molar-refractivity contribution in [3.63, 3.8) is 0 Å². The summed E-state index contributed by atoms with van der Waals surface area (Å²) in [5, 5.41) is 15.0. The van der Waals surface area contributed by atoms with Crippen molar-refractivity contribution in [1.82, 2.24) is 0 Å². The standard InChI is InChI=1S/C12H25.C2H4O3.Na.H2O4S/c1-3-5-7-9-11-12-10-8-6-4-2;3-1-2(4)5;;1-5(2,3)4/h1,3-12H2,2H3;3H,1H2,(H,4,5);;(H2,1,2,3,4). The number of aliphatic hydroxyl groups excluding tert-OH is 1. The van der Waals surface area contributed by atoms with Gasteiger partial charge in [-0.1, -0.05) is 0 Å². The number of aliphatic hydroxyl groups is 1. The Morgan fingerprint density at radius 1 is 0.870 bits per heavy atom. The Bertz CT molecular complexity index is 316. The molecule has 0 aromatic carbocycles. The van der Waals surface area contributed by atoms with Gasteiger partial charge >= 0.3 is 119 Å². The number of carboxylic acid groups (broad SMARTS) is 1. The van der Waals surface area contributed by atoms with Gasteiger partial charge in [-0.15, -0.1) is 0 Å². The van der Waals surface area contributed by atoms with Gasteiger partial charge in [0.25, 0.3) is 0 Å². The fourth-order valence-corrected chi connectivity index (χ4v) is 2.24. The molecule has 0 fully saturated rings. The molecule has 136 valence electrons. The van der Waals surface area contributed by atoms with Gasteiger partial charge in [0, 0.05) is 0 Å². The van der Waals surface area contributed by atoms with Crippen LogP contribution in [0.15, 0.2) is 0 Å². The van der Waals surface area contributed by atoms with E-state index in [1.807, 2.05) is 0 Å². The van der Waals surface area contributed by atoms with Crippen molar-refractivity contribution in [2.75, 3.05) is 6.61 Å². The first-order chi connectivity index (χ1) is 10.7. The van der Waals surface area contributed by atoms with Gasteiger partial charge in [-0.05, 0) is 0 Å². The Morgan fingerprint density at radius 2 is 1.13 bits per heavy atom. The SMILES string of the molecule is CCCCCCCCCCC[CH2][Na].O=C(O)CO.O=S(=O)(O)O. The van der Waals surface area contributed by atoms with Crippen molar-refractivity contribution in [1.29, 1.82) is 0 Å². The number of aliphatic carboxylic acids is 1. The van der Waals surface area contributed by atoms with E-state index in [1.54, 1.807) is 0 Å². The molecule has 0 rings (SSSR count). The van der Waals surface area contributed by atoms with Gasteiger partial charge in [-0.2, -0.15) is 8.42 Å². The maximum absolute atomic E-state index is 9.12. The summed E-state index contributed by atoms with van der Waals surface area (Å²) in [5.74, 6) is -1.19. The van der Waals surface area contributed by atoms with E-state index in [9.17, 15) is 0 Å². The molecule has 0 spiro atoms. The smallest absolute Gasteiger partial charge is 0.394 e. The average Bonchev–Trinajstić information content (AvgIpc) is 2.44. The van der Waals surface area contributed by atoms with Crippen LogP contribution < -0.4 is 0 Å². The van der Waals surface area contributed by atoms with Crippen molar-refractivity contribution < 1.29 is 32.5 Å². The monoisotopic (exact) mass is 366 g/mol. The number of rotatable bonds is 11. The fraction of sp³-hybridized carbons (Fsp3) is 0.929. The molecule has 0 saturated carbocycles. The first kappa shape index (κ1) is 28.1. The summed E-state index contributed by atoms with van der Waals surface area (Å²) < 4.78 is 33.1. The average molecular weight is 366 g/mol. The molecule has 9 heteroatoms. The van der Waals surface area contributed by atoms with Crippen LogP contribution in [0.2, 0.25) is 3.67 Å². The Kier molecular flexibility index (Phi) is 27.3. The van der Waals surface area contributed by atoms with Gasteiger partial charge in [-0.25, -0.2) is 4.79 Å². The zero-order valence-corrected chi connectivity index (χ0v) is 17.2. The molecule has 0 aliphatic rings. The third-order valence-electron chi connectivity index (χ3n) is 2.84. The van der Waals surface area contributed by atoms with E-state index in [4.69, 9.17) is 32.5 Å². The molecule has 23 heavy (non-hydrogen) atoms. The van der Waals surface area contributed by atoms with E-state index in [2.05, 4.69) is 6.92 Å². The fourth-order valence-electron chi connectivity index (χ4n) is 1.74. The second-order valence-corrected chi connectivity index (χ2v) is 7.08. The molecule has 4 N–H and O–H groups in total. The summed E-state index contributed by atoms with van der Waals surface area (Å²) in [6, 6.07) is 0. The largest absolute Gasteiger partial charge is 0.480 e. The van der Waals surface area contributed by atoms with Gasteiger partial charge in [0.1, 0.15) is 6.61 Å². The van der Waals surface area contributed by atoms with Gasteiger partial charge < -0.3 is 10.2 Å². The molecule has 0 aromatic rings. The van der Waals surface area contributed by atoms with Gasteiger partial charge in [0.15, 0.2) is 0 Å². The van der Waals surface area contributed by atoms with Crippen LogP contribution in [0.25, 0.3) is 0 Å². The van der Waals surface area contributed by atoms with Crippen molar-refractivity contribution in [3.8, 4) is 0 Å². The van der Waals surface area contributed by atoms with Crippen LogP contribution in [0.5, 0.6) is 0 Å². The Morgan fingerprint density at radius 3 is 1.35 bits per heavy atom. The molecule has 0 aliphatic carbocycles. The summed E-state index contributed by atoms with van der Waals surface area (Å²) in [7, 11) is -4.67. The van der Waals surface area contributed by atoms with Crippen LogP contribution >= 0.6 is 0 Å². The molecule has 0 amide bonds. The van der Waals surface area contributed by atoms with Gasteiger partial charge in [0.2, 0.25) is 0 Å². The Labute approximate surface area is 157 Å². The van der Waals surface area contributed by atoms with Crippen LogP contribution in [-0.2, 0) is 15.2 Å². The molecule has 0 radical (unpaired) electrons. The number of hydrogen-bond acceptors (Lipinski definition) is 4. The zero-order valence-electron chi connectivity index (χ0n) is 14.4. The number of hydrogen-bond donors (Lipinski definition) is 4. The maximum atomic E-state index is 9.12. The molecule has 0 bridgehead atoms. The molecule has 7 nitrogen and oxygen atoms in total. The number of carboxylic acids is 1. The van der Waals surface area contributed by atoms with Crippen LogP contribution in [0.4, 0.5) is 0 Å². The molecule has 0 atom stereocenters. The van der Waals surface area contributed by atoms with Gasteiger partial charge in [-0.3, -0.25) is 9.11 Å². The van der Waals surface area contributed by atoms with E-state index in [0.717, 1.165) is 0 Å². The van der Waals surface area contributed by atoms with Crippen LogP contribution in [0.1, 0.15) is 71.1 Å². The number of carbonyl (C=O) groups is 1. The van der Waals surface area contributed by atoms with Gasteiger partial charge in [0.05, 0.1) is 0 Å². The third kappa shape index (κ3) is 60.7. The Hall–Kier alpha value is 0.300. The van der Waals surface area contributed by atoms with E-state index < -0.39 is 23.0 Å². The van der Waals surface area contributed by atoms with Crippen LogP contribution in [-0.4, -0.2) is 68.2 Å². The first-order valence-electron chi connectivity index (χ1n) is 8.21. The molecular formula is C14H31NaO7S. The number of unbranched alkanes of at least 4 members (excludes halogenated alkanes) is 9. The van der Waals surface area contributed by atoms with Crippen molar-refractivity contribution in [2.24, 2.45) is 0 Å². The minimum Gasteiger partial charge on any atom is -0.480 e. The van der Waals surface area contributed by atoms with Crippen LogP contribution in [0, 0.1) is 0 Å². The summed E-state index contributed by atoms with van der Waals surface area (Å²) in [6.45, 7) is 1.51. The maximum Gasteiger partial charge on any atom is 0.394 e. The zero-order chi connectivity index (χ0) is 18.6. The van der Waals surface area contributed by atoms with E-state index in [-0.39, 0.29) is 0 Å². The molecule has 0 heterocycles. The summed E-state index contributed by atoms with van der Waals surface area (Å²) in [5.41, 5.74) is 0. The normalized spacial score (nSPS) is 10.2. The van der Waals surface area contributed by atoms with E-state index in [0.29, 0.717) is 0 Å². The summed E-state index contributed by atoms with van der Waals surface area (Å²) in [4.78, 5) is 9.12. The quantitative estimate of drug-likeness (QED) is 0.251. The first-order valence-corrected chi connectivity index (χ1v) is 11.0. The third-order valence-corrected chi connectivity index (χ3v) is 3.55. The van der Waals surface area contributed by atoms with E-state index in [1.165, 1.54) is 95.8 Å². The van der Waals surface area contributed by atoms with E-state index >= 15 is 0 Å². The van der Waals surface area contributed by atoms with Crippen molar-refractivity contribution in [3.05, 3.63) is 0 Å². The topological polar surface area (TPSA) is 132 Å². The van der Waals surface area contributed by atoms with Crippen molar-refractivity contribution >= 4 is 44.3 Å². The molecule has 0 aliphatic heterocycles. The Balaban J connectivity index is -0.000000329. The molecule has 0 saturated heterocycles.